The first kappa shape index (κ1) is 18.2. The summed E-state index contributed by atoms with van der Waals surface area (Å²) in [6.07, 6.45) is 4.48. The molecule has 1 aromatic rings. The Hall–Kier alpha value is -1.59. The van der Waals surface area contributed by atoms with Crippen molar-refractivity contribution >= 4 is 5.91 Å². The van der Waals surface area contributed by atoms with Gasteiger partial charge in [0.2, 0.25) is 5.91 Å². The summed E-state index contributed by atoms with van der Waals surface area (Å²) >= 11 is 0. The Morgan fingerprint density at radius 3 is 2.40 bits per heavy atom. The smallest absolute Gasteiger partial charge is 0.223 e. The summed E-state index contributed by atoms with van der Waals surface area (Å²) in [5.41, 5.74) is 1.25. The first-order chi connectivity index (χ1) is 12.2. The highest BCUT2D eigenvalue weighted by Crippen LogP contribution is 2.26. The summed E-state index contributed by atoms with van der Waals surface area (Å²) in [4.78, 5) is 17.3. The number of methoxy groups -OCH3 is 1. The van der Waals surface area contributed by atoms with Gasteiger partial charge in [-0.05, 0) is 37.6 Å². The molecule has 1 aromatic carbocycles. The molecule has 2 aliphatic rings. The Balaban J connectivity index is 1.67. The van der Waals surface area contributed by atoms with E-state index in [1.165, 1.54) is 18.4 Å². The second-order valence-corrected chi connectivity index (χ2v) is 7.35. The van der Waals surface area contributed by atoms with E-state index in [9.17, 15) is 4.79 Å². The number of rotatable bonds is 6. The largest absolute Gasteiger partial charge is 0.497 e. The number of benzene rings is 1. The molecule has 138 valence electrons. The minimum absolute atomic E-state index is 0.226. The third kappa shape index (κ3) is 4.73. The topological polar surface area (TPSA) is 44.8 Å². The molecule has 0 bridgehead atoms. The first-order valence-electron chi connectivity index (χ1n) is 9.51. The molecule has 1 N–H and O–H groups in total. The van der Waals surface area contributed by atoms with Crippen LogP contribution in [0.1, 0.15) is 37.3 Å². The third-order valence-corrected chi connectivity index (χ3v) is 5.67. The molecule has 1 heterocycles. The van der Waals surface area contributed by atoms with Crippen LogP contribution in [-0.4, -0.2) is 62.6 Å². The molecule has 2 fully saturated rings. The number of carbonyl (C=O) groups is 1. The molecule has 0 unspecified atom stereocenters. The number of piperazine rings is 1. The van der Waals surface area contributed by atoms with Crippen LogP contribution in [0.4, 0.5) is 0 Å². The molecule has 1 aliphatic heterocycles. The fourth-order valence-corrected chi connectivity index (χ4v) is 3.95. The van der Waals surface area contributed by atoms with E-state index in [1.54, 1.807) is 7.11 Å². The Kier molecular flexibility index (Phi) is 6.32. The molecule has 0 radical (unpaired) electrons. The van der Waals surface area contributed by atoms with Gasteiger partial charge in [-0.15, -0.1) is 0 Å². The SMILES string of the molecule is COc1ccc([C@@H](CNC(=O)C2CCCC2)N2CCN(C)CC2)cc1. The standard InChI is InChI=1S/C20H31N3O2/c1-22-11-13-23(14-12-22)19(16-7-9-18(25-2)10-8-16)15-21-20(24)17-5-3-4-6-17/h7-10,17,19H,3-6,11-15H2,1-2H3,(H,21,24)/t19-/m1/s1. The zero-order valence-corrected chi connectivity index (χ0v) is 15.5. The zero-order chi connectivity index (χ0) is 17.6. The molecule has 3 rings (SSSR count). The summed E-state index contributed by atoms with van der Waals surface area (Å²) in [7, 11) is 3.86. The number of carbonyl (C=O) groups excluding carboxylic acids is 1. The van der Waals surface area contributed by atoms with E-state index in [1.807, 2.05) is 12.1 Å². The van der Waals surface area contributed by atoms with Crippen LogP contribution in [0.25, 0.3) is 0 Å². The minimum atomic E-state index is 0.226. The highest BCUT2D eigenvalue weighted by Gasteiger charge is 2.27. The monoisotopic (exact) mass is 345 g/mol. The van der Waals surface area contributed by atoms with E-state index in [-0.39, 0.29) is 17.9 Å². The van der Waals surface area contributed by atoms with Crippen molar-refractivity contribution in [2.75, 3.05) is 46.9 Å². The number of hydrogen-bond acceptors (Lipinski definition) is 4. The zero-order valence-electron chi connectivity index (χ0n) is 15.5. The van der Waals surface area contributed by atoms with Crippen molar-refractivity contribution in [3.8, 4) is 5.75 Å². The average molecular weight is 345 g/mol. The van der Waals surface area contributed by atoms with E-state index in [4.69, 9.17) is 4.74 Å². The molecule has 25 heavy (non-hydrogen) atoms. The molecule has 5 heteroatoms. The van der Waals surface area contributed by atoms with Gasteiger partial charge in [0.15, 0.2) is 0 Å². The van der Waals surface area contributed by atoms with Crippen LogP contribution >= 0.6 is 0 Å². The Morgan fingerprint density at radius 1 is 1.16 bits per heavy atom. The number of ether oxygens (including phenoxy) is 1. The Morgan fingerprint density at radius 2 is 1.80 bits per heavy atom. The summed E-state index contributed by atoms with van der Waals surface area (Å²) in [6.45, 7) is 4.90. The van der Waals surface area contributed by atoms with Crippen molar-refractivity contribution in [2.45, 2.75) is 31.7 Å². The maximum atomic E-state index is 12.5. The lowest BCUT2D eigenvalue weighted by Gasteiger charge is -2.38. The van der Waals surface area contributed by atoms with Crippen molar-refractivity contribution in [1.29, 1.82) is 0 Å². The van der Waals surface area contributed by atoms with Crippen LogP contribution in [0.5, 0.6) is 5.75 Å². The third-order valence-electron chi connectivity index (χ3n) is 5.67. The maximum Gasteiger partial charge on any atom is 0.223 e. The maximum absolute atomic E-state index is 12.5. The van der Waals surface area contributed by atoms with Gasteiger partial charge >= 0.3 is 0 Å². The Bertz CT molecular complexity index is 547. The predicted molar refractivity (Wildman–Crippen MR) is 99.8 cm³/mol. The van der Waals surface area contributed by atoms with E-state index >= 15 is 0 Å². The highest BCUT2D eigenvalue weighted by molar-refractivity contribution is 5.78. The van der Waals surface area contributed by atoms with Gasteiger partial charge in [0.1, 0.15) is 5.75 Å². The highest BCUT2D eigenvalue weighted by atomic mass is 16.5. The van der Waals surface area contributed by atoms with Gasteiger partial charge in [-0.3, -0.25) is 9.69 Å². The summed E-state index contributed by atoms with van der Waals surface area (Å²) < 4.78 is 5.28. The number of nitrogens with one attached hydrogen (secondary N) is 1. The van der Waals surface area contributed by atoms with Gasteiger partial charge in [-0.2, -0.15) is 0 Å². The predicted octanol–water partition coefficient (Wildman–Crippen LogP) is 2.29. The lowest BCUT2D eigenvalue weighted by Crippen LogP contribution is -2.48. The second kappa shape index (κ2) is 8.68. The van der Waals surface area contributed by atoms with E-state index in [0.29, 0.717) is 6.54 Å². The molecule has 1 aliphatic carbocycles. The number of amides is 1. The molecular weight excluding hydrogens is 314 g/mol. The molecular formula is C20H31N3O2. The lowest BCUT2D eigenvalue weighted by molar-refractivity contribution is -0.125. The molecule has 1 saturated heterocycles. The van der Waals surface area contributed by atoms with Gasteiger partial charge in [0.05, 0.1) is 13.2 Å². The average Bonchev–Trinajstić information content (AvgIpc) is 3.18. The molecule has 0 spiro atoms. The number of hydrogen-bond donors (Lipinski definition) is 1. The van der Waals surface area contributed by atoms with Crippen molar-refractivity contribution in [3.63, 3.8) is 0 Å². The van der Waals surface area contributed by atoms with E-state index in [2.05, 4.69) is 34.3 Å². The van der Waals surface area contributed by atoms with Gasteiger partial charge in [-0.1, -0.05) is 25.0 Å². The van der Waals surface area contributed by atoms with E-state index in [0.717, 1.165) is 44.8 Å². The Labute approximate surface area is 151 Å². The summed E-state index contributed by atoms with van der Waals surface area (Å²) in [5, 5.41) is 3.23. The minimum Gasteiger partial charge on any atom is -0.497 e. The summed E-state index contributed by atoms with van der Waals surface area (Å²) in [6, 6.07) is 8.51. The van der Waals surface area contributed by atoms with Gasteiger partial charge in [0.25, 0.3) is 0 Å². The molecule has 1 amide bonds. The van der Waals surface area contributed by atoms with Gasteiger partial charge < -0.3 is 15.0 Å². The van der Waals surface area contributed by atoms with Crippen molar-refractivity contribution in [1.82, 2.24) is 15.1 Å². The second-order valence-electron chi connectivity index (χ2n) is 7.35. The molecule has 0 aromatic heterocycles. The van der Waals surface area contributed by atoms with Gasteiger partial charge in [0, 0.05) is 38.6 Å². The number of nitrogens with zero attached hydrogens (tertiary/aromatic N) is 2. The number of likely N-dealkylation sites (N-methyl/N-ethyl adjacent to an activating group) is 1. The molecule has 1 saturated carbocycles. The normalized spacial score (nSPS) is 21.2. The van der Waals surface area contributed by atoms with Crippen LogP contribution in [0.2, 0.25) is 0 Å². The molecule has 1 atom stereocenters. The van der Waals surface area contributed by atoms with Crippen molar-refractivity contribution < 1.29 is 9.53 Å². The fraction of sp³-hybridized carbons (Fsp3) is 0.650. The summed E-state index contributed by atoms with van der Waals surface area (Å²) in [5.74, 6) is 1.34. The van der Waals surface area contributed by atoms with Crippen LogP contribution < -0.4 is 10.1 Å². The van der Waals surface area contributed by atoms with Crippen LogP contribution in [0.15, 0.2) is 24.3 Å². The quantitative estimate of drug-likeness (QED) is 0.859. The van der Waals surface area contributed by atoms with Crippen LogP contribution in [-0.2, 0) is 4.79 Å². The van der Waals surface area contributed by atoms with Gasteiger partial charge in [-0.25, -0.2) is 0 Å². The van der Waals surface area contributed by atoms with Crippen LogP contribution in [0.3, 0.4) is 0 Å². The molecule has 5 nitrogen and oxygen atoms in total. The fourth-order valence-electron chi connectivity index (χ4n) is 3.95. The van der Waals surface area contributed by atoms with E-state index < -0.39 is 0 Å². The van der Waals surface area contributed by atoms with Crippen molar-refractivity contribution in [2.24, 2.45) is 5.92 Å². The lowest BCUT2D eigenvalue weighted by atomic mass is 10.0. The van der Waals surface area contributed by atoms with Crippen LogP contribution in [0, 0.1) is 5.92 Å². The first-order valence-corrected chi connectivity index (χ1v) is 9.51. The van der Waals surface area contributed by atoms with Crippen molar-refractivity contribution in [3.05, 3.63) is 29.8 Å².